The van der Waals surface area contributed by atoms with Crippen molar-refractivity contribution in [2.75, 3.05) is 11.9 Å². The Morgan fingerprint density at radius 1 is 1.15 bits per heavy atom. The van der Waals surface area contributed by atoms with Crippen molar-refractivity contribution in [3.8, 4) is 17.1 Å². The number of carbonyl (C=O) groups is 1. The number of hydrogen-bond donors (Lipinski definition) is 1. The normalized spacial score (nSPS) is 10.5. The molecule has 5 heteroatoms. The molecule has 5 nitrogen and oxygen atoms in total. The Morgan fingerprint density at radius 3 is 2.69 bits per heavy atom. The van der Waals surface area contributed by atoms with Crippen LogP contribution in [0.3, 0.4) is 0 Å². The number of unbranched alkanes of at least 4 members (excludes halogenated alkanes) is 1. The van der Waals surface area contributed by atoms with Crippen molar-refractivity contribution in [1.29, 1.82) is 0 Å². The fourth-order valence-electron chi connectivity index (χ4n) is 2.49. The minimum Gasteiger partial charge on any atom is -0.494 e. The van der Waals surface area contributed by atoms with E-state index in [2.05, 4.69) is 17.4 Å². The van der Waals surface area contributed by atoms with E-state index in [9.17, 15) is 4.79 Å². The number of nitrogens with zero attached hydrogens (tertiary/aromatic N) is 1. The Kier molecular flexibility index (Phi) is 5.69. The van der Waals surface area contributed by atoms with Gasteiger partial charge in [-0.05, 0) is 55.3 Å². The molecule has 0 aliphatic heterocycles. The first-order valence-electron chi connectivity index (χ1n) is 8.73. The Hall–Kier alpha value is -3.08. The number of rotatable bonds is 7. The second-order valence-corrected chi connectivity index (χ2v) is 6.13. The highest BCUT2D eigenvalue weighted by Gasteiger charge is 2.14. The minimum atomic E-state index is -0.301. The third-order valence-electron chi connectivity index (χ3n) is 3.92. The largest absolute Gasteiger partial charge is 0.494 e. The van der Waals surface area contributed by atoms with Gasteiger partial charge in [0.1, 0.15) is 5.75 Å². The highest BCUT2D eigenvalue weighted by atomic mass is 16.5. The van der Waals surface area contributed by atoms with Crippen LogP contribution in [0.2, 0.25) is 0 Å². The zero-order valence-electron chi connectivity index (χ0n) is 15.0. The molecule has 0 saturated carbocycles. The van der Waals surface area contributed by atoms with Gasteiger partial charge in [0.25, 0.3) is 5.91 Å². The van der Waals surface area contributed by atoms with Crippen LogP contribution in [0.15, 0.2) is 59.1 Å². The topological polar surface area (TPSA) is 64.4 Å². The molecule has 26 heavy (non-hydrogen) atoms. The van der Waals surface area contributed by atoms with Crippen molar-refractivity contribution < 1.29 is 14.1 Å². The monoisotopic (exact) mass is 350 g/mol. The predicted molar refractivity (Wildman–Crippen MR) is 101 cm³/mol. The van der Waals surface area contributed by atoms with Crippen molar-refractivity contribution in [2.45, 2.75) is 26.7 Å². The van der Waals surface area contributed by atoms with E-state index in [4.69, 9.17) is 9.26 Å². The summed E-state index contributed by atoms with van der Waals surface area (Å²) in [5.41, 5.74) is 2.89. The number of anilines is 1. The summed E-state index contributed by atoms with van der Waals surface area (Å²) >= 11 is 0. The van der Waals surface area contributed by atoms with Crippen LogP contribution in [0.25, 0.3) is 11.3 Å². The third kappa shape index (κ3) is 4.51. The second-order valence-electron chi connectivity index (χ2n) is 6.13. The Bertz CT molecular complexity index is 869. The van der Waals surface area contributed by atoms with Crippen molar-refractivity contribution >= 4 is 11.6 Å². The van der Waals surface area contributed by atoms with Crippen LogP contribution >= 0.6 is 0 Å². The van der Waals surface area contributed by atoms with E-state index < -0.39 is 0 Å². The molecule has 0 radical (unpaired) electrons. The lowest BCUT2D eigenvalue weighted by molar-refractivity contribution is 0.101. The molecule has 2 aromatic carbocycles. The highest BCUT2D eigenvalue weighted by molar-refractivity contribution is 6.03. The van der Waals surface area contributed by atoms with Gasteiger partial charge in [0, 0.05) is 17.3 Å². The first-order valence-corrected chi connectivity index (χ1v) is 8.73. The van der Waals surface area contributed by atoms with Crippen molar-refractivity contribution in [3.05, 3.63) is 65.9 Å². The lowest BCUT2D eigenvalue weighted by Crippen LogP contribution is -2.12. The maximum atomic E-state index is 12.3. The molecule has 0 aliphatic carbocycles. The zero-order valence-corrected chi connectivity index (χ0v) is 15.0. The molecule has 0 unspecified atom stereocenters. The first-order chi connectivity index (χ1) is 12.7. The van der Waals surface area contributed by atoms with E-state index in [0.717, 1.165) is 35.4 Å². The van der Waals surface area contributed by atoms with Gasteiger partial charge in [0.15, 0.2) is 11.5 Å². The molecule has 1 aromatic heterocycles. The molecule has 3 rings (SSSR count). The van der Waals surface area contributed by atoms with Gasteiger partial charge in [-0.1, -0.05) is 30.6 Å². The maximum absolute atomic E-state index is 12.3. The summed E-state index contributed by atoms with van der Waals surface area (Å²) in [6.07, 6.45) is 2.13. The molecule has 1 N–H and O–H groups in total. The van der Waals surface area contributed by atoms with Gasteiger partial charge in [0.05, 0.1) is 6.61 Å². The van der Waals surface area contributed by atoms with E-state index in [0.29, 0.717) is 12.4 Å². The van der Waals surface area contributed by atoms with Gasteiger partial charge < -0.3 is 14.6 Å². The molecule has 0 fully saturated rings. The molecule has 0 saturated heterocycles. The number of hydrogen-bond acceptors (Lipinski definition) is 4. The quantitative estimate of drug-likeness (QED) is 0.603. The Morgan fingerprint density at radius 2 is 1.96 bits per heavy atom. The standard InChI is InChI=1S/C21H22N2O3/c1-3-4-12-25-18-10-8-16(9-11-18)20-14-19(23-26-20)21(24)22-17-7-5-6-15(2)13-17/h5-11,13-14H,3-4,12H2,1-2H3,(H,22,24). The molecule has 134 valence electrons. The van der Waals surface area contributed by atoms with Crippen LogP contribution in [-0.2, 0) is 0 Å². The fourth-order valence-corrected chi connectivity index (χ4v) is 2.49. The summed E-state index contributed by atoms with van der Waals surface area (Å²) in [5, 5.41) is 6.70. The average molecular weight is 350 g/mol. The molecule has 3 aromatic rings. The smallest absolute Gasteiger partial charge is 0.277 e. The summed E-state index contributed by atoms with van der Waals surface area (Å²) in [7, 11) is 0. The number of benzene rings is 2. The van der Waals surface area contributed by atoms with Crippen LogP contribution in [-0.4, -0.2) is 17.7 Å². The van der Waals surface area contributed by atoms with E-state index in [1.807, 2.05) is 55.5 Å². The predicted octanol–water partition coefficient (Wildman–Crippen LogP) is 5.08. The van der Waals surface area contributed by atoms with Crippen LogP contribution in [0.1, 0.15) is 35.8 Å². The maximum Gasteiger partial charge on any atom is 0.277 e. The molecular weight excluding hydrogens is 328 g/mol. The van der Waals surface area contributed by atoms with Crippen molar-refractivity contribution in [2.24, 2.45) is 0 Å². The minimum absolute atomic E-state index is 0.241. The lowest BCUT2D eigenvalue weighted by atomic mass is 10.1. The van der Waals surface area contributed by atoms with Gasteiger partial charge in [-0.3, -0.25) is 4.79 Å². The summed E-state index contributed by atoms with van der Waals surface area (Å²) in [5.74, 6) is 1.06. The number of carbonyl (C=O) groups excluding carboxylic acids is 1. The van der Waals surface area contributed by atoms with E-state index in [1.165, 1.54) is 0 Å². The van der Waals surface area contributed by atoms with Crippen LogP contribution in [0.4, 0.5) is 5.69 Å². The van der Waals surface area contributed by atoms with Crippen LogP contribution < -0.4 is 10.1 Å². The molecule has 0 bridgehead atoms. The molecule has 0 aliphatic rings. The van der Waals surface area contributed by atoms with E-state index in [-0.39, 0.29) is 11.6 Å². The number of nitrogens with one attached hydrogen (secondary N) is 1. The fraction of sp³-hybridized carbons (Fsp3) is 0.238. The number of ether oxygens (including phenoxy) is 1. The summed E-state index contributed by atoms with van der Waals surface area (Å²) in [6.45, 7) is 4.81. The van der Waals surface area contributed by atoms with Crippen LogP contribution in [0.5, 0.6) is 5.75 Å². The summed E-state index contributed by atoms with van der Waals surface area (Å²) in [6, 6.07) is 16.8. The van der Waals surface area contributed by atoms with Crippen molar-refractivity contribution in [1.82, 2.24) is 5.16 Å². The van der Waals surface area contributed by atoms with Gasteiger partial charge in [-0.2, -0.15) is 0 Å². The molecule has 1 amide bonds. The SMILES string of the molecule is CCCCOc1ccc(-c2cc(C(=O)Nc3cccc(C)c3)no2)cc1. The number of amides is 1. The third-order valence-corrected chi connectivity index (χ3v) is 3.92. The van der Waals surface area contributed by atoms with E-state index in [1.54, 1.807) is 6.07 Å². The number of aryl methyl sites for hydroxylation is 1. The Labute approximate surface area is 153 Å². The molecule has 0 spiro atoms. The highest BCUT2D eigenvalue weighted by Crippen LogP contribution is 2.24. The Balaban J connectivity index is 1.66. The zero-order chi connectivity index (χ0) is 18.4. The van der Waals surface area contributed by atoms with Gasteiger partial charge >= 0.3 is 0 Å². The summed E-state index contributed by atoms with van der Waals surface area (Å²) in [4.78, 5) is 12.3. The van der Waals surface area contributed by atoms with Crippen molar-refractivity contribution in [3.63, 3.8) is 0 Å². The van der Waals surface area contributed by atoms with Crippen LogP contribution in [0, 0.1) is 6.92 Å². The lowest BCUT2D eigenvalue weighted by Gasteiger charge is -2.05. The van der Waals surface area contributed by atoms with E-state index >= 15 is 0 Å². The average Bonchev–Trinajstić information content (AvgIpc) is 3.13. The van der Waals surface area contributed by atoms with Gasteiger partial charge in [-0.15, -0.1) is 0 Å². The second kappa shape index (κ2) is 8.34. The van der Waals surface area contributed by atoms with Gasteiger partial charge in [0.2, 0.25) is 0 Å². The molecular formula is C21H22N2O3. The molecule has 0 atom stereocenters. The summed E-state index contributed by atoms with van der Waals surface area (Å²) < 4.78 is 11.0. The number of aromatic nitrogens is 1. The van der Waals surface area contributed by atoms with Gasteiger partial charge in [-0.25, -0.2) is 0 Å². The molecule has 1 heterocycles. The first kappa shape index (κ1) is 17.7.